The van der Waals surface area contributed by atoms with E-state index in [1.165, 1.54) is 0 Å². The summed E-state index contributed by atoms with van der Waals surface area (Å²) in [4.78, 5) is 0. The van der Waals surface area contributed by atoms with E-state index in [1.54, 1.807) is 0 Å². The largest absolute Gasteiger partial charge is 0.460 e. The summed E-state index contributed by atoms with van der Waals surface area (Å²) < 4.78 is 135. The fourth-order valence-electron chi connectivity index (χ4n) is 0.902. The maximum Gasteiger partial charge on any atom is 0.460 e. The van der Waals surface area contributed by atoms with Gasteiger partial charge in [-0.1, -0.05) is 0 Å². The van der Waals surface area contributed by atoms with Crippen LogP contribution in [0.2, 0.25) is 0 Å². The van der Waals surface area contributed by atoms with Gasteiger partial charge in [0.2, 0.25) is 0 Å². The van der Waals surface area contributed by atoms with E-state index in [0.29, 0.717) is 0 Å². The lowest BCUT2D eigenvalue weighted by Crippen LogP contribution is -2.66. The van der Waals surface area contributed by atoms with E-state index in [2.05, 4.69) is 12.6 Å². The van der Waals surface area contributed by atoms with Gasteiger partial charge in [0.15, 0.2) is 0 Å². The molecule has 0 nitrogen and oxygen atoms in total. The Morgan fingerprint density at radius 2 is 0.947 bits per heavy atom. The van der Waals surface area contributed by atoms with E-state index < -0.39 is 42.0 Å². The van der Waals surface area contributed by atoms with Gasteiger partial charge in [-0.25, -0.2) is 0 Å². The van der Waals surface area contributed by atoms with Crippen molar-refractivity contribution in [2.45, 2.75) is 36.3 Å². The zero-order valence-electron chi connectivity index (χ0n) is 8.52. The standard InChI is InChI=1S/C7H5F11S/c8-3(9,1-2-19)4(10,11)5(12,13)6(14,15)7(16,17)18/h19H,1-2H2. The SMILES string of the molecule is FC(F)(F)C(F)(F)C(F)(F)C(F)(F)C(F)(F)CCS. The number of hydrogen-bond donors (Lipinski definition) is 1. The molecule has 0 atom stereocenters. The van der Waals surface area contributed by atoms with E-state index in [1.807, 2.05) is 0 Å². The molecule has 0 spiro atoms. The Bertz CT molecular complexity index is 317. The molecule has 0 aromatic rings. The molecule has 0 aliphatic heterocycles. The summed E-state index contributed by atoms with van der Waals surface area (Å²) in [6.07, 6.45) is -9.22. The minimum absolute atomic E-state index is 1.13. The van der Waals surface area contributed by atoms with E-state index in [0.717, 1.165) is 0 Å². The smallest absolute Gasteiger partial charge is 0.200 e. The highest BCUT2D eigenvalue weighted by Crippen LogP contribution is 2.57. The molecule has 12 heteroatoms. The van der Waals surface area contributed by atoms with Gasteiger partial charge in [0, 0.05) is 6.42 Å². The molecular weight excluding hydrogens is 325 g/mol. The second kappa shape index (κ2) is 4.85. The van der Waals surface area contributed by atoms with Crippen LogP contribution in [0.1, 0.15) is 6.42 Å². The molecule has 0 amide bonds. The van der Waals surface area contributed by atoms with Crippen LogP contribution in [-0.4, -0.2) is 35.6 Å². The first kappa shape index (κ1) is 18.6. The molecule has 0 aliphatic rings. The molecule has 0 saturated heterocycles. The Hall–Kier alpha value is -0.420. The normalized spacial score (nSPS) is 15.8. The van der Waals surface area contributed by atoms with Crippen LogP contribution in [0.4, 0.5) is 48.3 Å². The van der Waals surface area contributed by atoms with Crippen LogP contribution in [0.3, 0.4) is 0 Å². The minimum atomic E-state index is -7.32. The van der Waals surface area contributed by atoms with Crippen LogP contribution in [0.25, 0.3) is 0 Å². The van der Waals surface area contributed by atoms with E-state index in [9.17, 15) is 48.3 Å². The molecule has 0 aliphatic carbocycles. The highest BCUT2D eigenvalue weighted by molar-refractivity contribution is 7.80. The lowest BCUT2D eigenvalue weighted by Gasteiger charge is -2.37. The maximum absolute atomic E-state index is 12.7. The van der Waals surface area contributed by atoms with Gasteiger partial charge in [-0.05, 0) is 5.75 Å². The summed E-state index contributed by atoms with van der Waals surface area (Å²) in [6, 6.07) is 0. The predicted molar refractivity (Wildman–Crippen MR) is 44.3 cm³/mol. The topological polar surface area (TPSA) is 0 Å². The summed E-state index contributed by atoms with van der Waals surface area (Å²) in [6.45, 7) is 0. The Kier molecular flexibility index (Phi) is 4.74. The zero-order chi connectivity index (χ0) is 15.9. The molecule has 0 N–H and O–H groups in total. The lowest BCUT2D eigenvalue weighted by atomic mass is 9.96. The molecule has 0 aromatic heterocycles. The fourth-order valence-corrected chi connectivity index (χ4v) is 1.18. The van der Waals surface area contributed by atoms with Gasteiger partial charge in [0.1, 0.15) is 0 Å². The lowest BCUT2D eigenvalue weighted by molar-refractivity contribution is -0.422. The average molecular weight is 330 g/mol. The Morgan fingerprint density at radius 1 is 0.579 bits per heavy atom. The van der Waals surface area contributed by atoms with Crippen molar-refractivity contribution in [3.05, 3.63) is 0 Å². The van der Waals surface area contributed by atoms with Gasteiger partial charge in [0.05, 0.1) is 0 Å². The number of hydrogen-bond acceptors (Lipinski definition) is 1. The third kappa shape index (κ3) is 2.72. The third-order valence-corrected chi connectivity index (χ3v) is 2.25. The van der Waals surface area contributed by atoms with Crippen LogP contribution in [-0.2, 0) is 0 Å². The molecular formula is C7H5F11S. The summed E-state index contributed by atoms with van der Waals surface area (Å²) in [5, 5.41) is 0. The minimum Gasteiger partial charge on any atom is -0.200 e. The van der Waals surface area contributed by atoms with Crippen molar-refractivity contribution in [1.29, 1.82) is 0 Å². The zero-order valence-corrected chi connectivity index (χ0v) is 9.41. The first-order valence-corrected chi connectivity index (χ1v) is 4.88. The first-order chi connectivity index (χ1) is 8.06. The second-order valence-corrected chi connectivity index (χ2v) is 3.85. The third-order valence-electron chi connectivity index (χ3n) is 2.03. The molecule has 0 heterocycles. The van der Waals surface area contributed by atoms with Gasteiger partial charge >= 0.3 is 29.9 Å². The van der Waals surface area contributed by atoms with Crippen LogP contribution in [0, 0.1) is 0 Å². The summed E-state index contributed by atoms with van der Waals surface area (Å²) in [5.74, 6) is -28.4. The maximum atomic E-state index is 12.7. The molecule has 116 valence electrons. The average Bonchev–Trinajstić information content (AvgIpc) is 2.14. The van der Waals surface area contributed by atoms with Gasteiger partial charge in [-0.3, -0.25) is 0 Å². The quantitative estimate of drug-likeness (QED) is 0.560. The molecule has 0 radical (unpaired) electrons. The highest BCUT2D eigenvalue weighted by atomic mass is 32.1. The highest BCUT2D eigenvalue weighted by Gasteiger charge is 2.86. The Balaban J connectivity index is 5.77. The van der Waals surface area contributed by atoms with Crippen LogP contribution < -0.4 is 0 Å². The molecule has 0 aromatic carbocycles. The van der Waals surface area contributed by atoms with Gasteiger partial charge in [0.25, 0.3) is 0 Å². The number of alkyl halides is 11. The summed E-state index contributed by atoms with van der Waals surface area (Å²) in [7, 11) is 0. The first-order valence-electron chi connectivity index (χ1n) is 4.25. The van der Waals surface area contributed by atoms with Crippen LogP contribution in [0.15, 0.2) is 0 Å². The van der Waals surface area contributed by atoms with E-state index in [-0.39, 0.29) is 0 Å². The number of halogens is 11. The van der Waals surface area contributed by atoms with Crippen molar-refractivity contribution in [3.63, 3.8) is 0 Å². The molecule has 0 unspecified atom stereocenters. The van der Waals surface area contributed by atoms with Crippen molar-refractivity contribution in [2.75, 3.05) is 5.75 Å². The van der Waals surface area contributed by atoms with Crippen molar-refractivity contribution in [1.82, 2.24) is 0 Å². The van der Waals surface area contributed by atoms with Crippen LogP contribution in [0.5, 0.6) is 0 Å². The Morgan fingerprint density at radius 3 is 1.21 bits per heavy atom. The van der Waals surface area contributed by atoms with E-state index >= 15 is 0 Å². The molecule has 0 rings (SSSR count). The van der Waals surface area contributed by atoms with Gasteiger partial charge < -0.3 is 0 Å². The van der Waals surface area contributed by atoms with Gasteiger partial charge in [-0.15, -0.1) is 0 Å². The second-order valence-electron chi connectivity index (χ2n) is 3.40. The van der Waals surface area contributed by atoms with Crippen molar-refractivity contribution < 1.29 is 48.3 Å². The van der Waals surface area contributed by atoms with Gasteiger partial charge in [-0.2, -0.15) is 60.9 Å². The molecule has 19 heavy (non-hydrogen) atoms. The fraction of sp³-hybridized carbons (Fsp3) is 1.00. The van der Waals surface area contributed by atoms with Crippen molar-refractivity contribution in [3.8, 4) is 0 Å². The number of thiol groups is 1. The van der Waals surface area contributed by atoms with Crippen molar-refractivity contribution >= 4 is 12.6 Å². The van der Waals surface area contributed by atoms with E-state index in [4.69, 9.17) is 0 Å². The summed E-state index contributed by atoms with van der Waals surface area (Å²) in [5.41, 5.74) is 0. The number of rotatable bonds is 5. The van der Waals surface area contributed by atoms with Crippen LogP contribution >= 0.6 is 12.6 Å². The molecule has 0 saturated carbocycles. The predicted octanol–water partition coefficient (Wildman–Crippen LogP) is 4.41. The monoisotopic (exact) mass is 330 g/mol. The molecule has 0 bridgehead atoms. The molecule has 0 fully saturated rings. The Labute approximate surface area is 104 Å². The summed E-state index contributed by atoms with van der Waals surface area (Å²) >= 11 is 3.00. The van der Waals surface area contributed by atoms with Crippen molar-refractivity contribution in [2.24, 2.45) is 0 Å².